The number of piperazine rings is 1. The van der Waals surface area contributed by atoms with Gasteiger partial charge in [0, 0.05) is 60.5 Å². The number of benzene rings is 4. The van der Waals surface area contributed by atoms with E-state index in [1.54, 1.807) is 98.2 Å². The van der Waals surface area contributed by atoms with Crippen molar-refractivity contribution in [3.05, 3.63) is 153 Å². The molecule has 0 aliphatic carbocycles. The number of alkyl halides is 6. The van der Waals surface area contributed by atoms with Gasteiger partial charge in [-0.15, -0.1) is 0 Å². The van der Waals surface area contributed by atoms with Crippen LogP contribution in [-0.4, -0.2) is 96.1 Å². The molecule has 0 bridgehead atoms. The number of hydrogen-bond acceptors (Lipinski definition) is 14. The lowest BCUT2D eigenvalue weighted by Crippen LogP contribution is -2.46. The van der Waals surface area contributed by atoms with Gasteiger partial charge < -0.3 is 19.3 Å². The predicted octanol–water partition coefficient (Wildman–Crippen LogP) is 13.1. The number of anilines is 2. The summed E-state index contributed by atoms with van der Waals surface area (Å²) in [4.78, 5) is 45.2. The van der Waals surface area contributed by atoms with Gasteiger partial charge in [-0.3, -0.25) is 9.80 Å². The Morgan fingerprint density at radius 1 is 0.577 bits per heavy atom. The highest BCUT2D eigenvalue weighted by Crippen LogP contribution is 2.43. The van der Waals surface area contributed by atoms with Crippen molar-refractivity contribution in [1.82, 2.24) is 9.80 Å². The van der Waals surface area contributed by atoms with Gasteiger partial charge in [0.15, 0.2) is 10.3 Å². The van der Waals surface area contributed by atoms with Crippen LogP contribution in [0, 0.1) is 22.7 Å². The number of unbranched alkanes of at least 4 members (excludes halogenated alkanes) is 4. The quantitative estimate of drug-likeness (QED) is 0.0473. The third-order valence-electron chi connectivity index (χ3n) is 13.6. The zero-order valence-corrected chi connectivity index (χ0v) is 45.6. The summed E-state index contributed by atoms with van der Waals surface area (Å²) in [5.74, 6) is 0.0251. The lowest BCUT2D eigenvalue weighted by atomic mass is 9.95. The van der Waals surface area contributed by atoms with Gasteiger partial charge in [0.25, 0.3) is 0 Å². The van der Waals surface area contributed by atoms with E-state index < -0.39 is 47.5 Å². The standard InChI is InChI=1S/C58H62F6N8O4S2/c1-5-75-53(73)49-39(3)71(47-17-13-15-45(35-47)57(59,60)61)55(67-51(49)43-23-19-41(37-65)20-24-43)77-33-11-7-9-27-69-29-31-70(32-30-69)28-10-8-12-34-78-56-68-52(44-25-21-42(38-66)22-26-44)50(54(74)76-6-2)40(4)72(56)48-18-14-16-46(36-48)58(62,63)64/h13-26,35-36,51-52H,5-12,27-34H2,1-4H3. The molecule has 412 valence electrons. The number of ether oxygens (including phenoxy) is 2. The molecule has 2 atom stereocenters. The topological polar surface area (TPSA) is 138 Å². The van der Waals surface area contributed by atoms with E-state index in [1.165, 1.54) is 35.7 Å². The normalized spacial score (nSPS) is 17.6. The molecule has 0 spiro atoms. The van der Waals surface area contributed by atoms with Gasteiger partial charge >= 0.3 is 24.3 Å². The molecule has 1 fully saturated rings. The molecule has 78 heavy (non-hydrogen) atoms. The average Bonchev–Trinajstić information content (AvgIpc) is 3.56. The van der Waals surface area contributed by atoms with Crippen molar-refractivity contribution < 1.29 is 45.4 Å². The van der Waals surface area contributed by atoms with E-state index in [0.29, 0.717) is 55.5 Å². The van der Waals surface area contributed by atoms with Crippen LogP contribution < -0.4 is 9.80 Å². The van der Waals surface area contributed by atoms with Crippen molar-refractivity contribution in [1.29, 1.82) is 10.5 Å². The number of nitrogens with zero attached hydrogens (tertiary/aromatic N) is 8. The molecule has 12 nitrogen and oxygen atoms in total. The summed E-state index contributed by atoms with van der Waals surface area (Å²) in [6, 6.07) is 26.0. The van der Waals surface area contributed by atoms with Gasteiger partial charge in [-0.05, 0) is 138 Å². The zero-order chi connectivity index (χ0) is 56.0. The van der Waals surface area contributed by atoms with Crippen LogP contribution in [0.4, 0.5) is 37.7 Å². The summed E-state index contributed by atoms with van der Waals surface area (Å²) in [5.41, 5.74) is 2.18. The fourth-order valence-electron chi connectivity index (χ4n) is 9.53. The Kier molecular flexibility index (Phi) is 20.7. The molecule has 0 saturated carbocycles. The van der Waals surface area contributed by atoms with Crippen LogP contribution in [0.1, 0.15) is 112 Å². The minimum Gasteiger partial charge on any atom is -0.463 e. The van der Waals surface area contributed by atoms with Crippen LogP contribution >= 0.6 is 23.5 Å². The Balaban J connectivity index is 0.902. The van der Waals surface area contributed by atoms with Crippen LogP contribution in [0.15, 0.2) is 130 Å². The third kappa shape index (κ3) is 15.0. The first-order valence-corrected chi connectivity index (χ1v) is 28.0. The first-order chi connectivity index (χ1) is 37.4. The fraction of sp³-hybridized carbons (Fsp3) is 0.414. The lowest BCUT2D eigenvalue weighted by Gasteiger charge is -2.35. The summed E-state index contributed by atoms with van der Waals surface area (Å²) >= 11 is 2.85. The maximum Gasteiger partial charge on any atom is 0.416 e. The number of carbonyl (C=O) groups excluding carboxylic acids is 2. The zero-order valence-electron chi connectivity index (χ0n) is 44.0. The van der Waals surface area contributed by atoms with E-state index >= 15 is 0 Å². The molecule has 3 heterocycles. The smallest absolute Gasteiger partial charge is 0.416 e. The van der Waals surface area contributed by atoms with Crippen LogP contribution in [0.25, 0.3) is 0 Å². The van der Waals surface area contributed by atoms with Gasteiger partial charge in [-0.25, -0.2) is 19.6 Å². The molecule has 20 heteroatoms. The van der Waals surface area contributed by atoms with Crippen LogP contribution in [-0.2, 0) is 31.4 Å². The molecule has 0 radical (unpaired) electrons. The molecular weight excluding hydrogens is 1050 g/mol. The first-order valence-electron chi connectivity index (χ1n) is 26.0. The van der Waals surface area contributed by atoms with Gasteiger partial charge in [0.2, 0.25) is 0 Å². The van der Waals surface area contributed by atoms with E-state index in [-0.39, 0.29) is 35.7 Å². The number of thioether (sulfide) groups is 2. The second-order valence-electron chi connectivity index (χ2n) is 18.8. The molecule has 3 aliphatic rings. The molecule has 4 aromatic rings. The van der Waals surface area contributed by atoms with Crippen molar-refractivity contribution in [3.63, 3.8) is 0 Å². The van der Waals surface area contributed by atoms with Crippen LogP contribution in [0.3, 0.4) is 0 Å². The first kappa shape index (κ1) is 59.1. The minimum absolute atomic E-state index is 0.0917. The molecule has 0 aromatic heterocycles. The lowest BCUT2D eigenvalue weighted by molar-refractivity contribution is -0.139. The Hall–Kier alpha value is -6.58. The van der Waals surface area contributed by atoms with Crippen LogP contribution in [0.5, 0.6) is 0 Å². The number of halogens is 6. The van der Waals surface area contributed by atoms with E-state index in [9.17, 15) is 46.5 Å². The summed E-state index contributed by atoms with van der Waals surface area (Å²) in [6.07, 6.45) is -3.74. The molecule has 2 unspecified atom stereocenters. The molecule has 0 N–H and O–H groups in total. The number of hydrogen-bond donors (Lipinski definition) is 0. The number of nitriles is 2. The highest BCUT2D eigenvalue weighted by Gasteiger charge is 2.39. The average molecular weight is 1110 g/mol. The van der Waals surface area contributed by atoms with Gasteiger partial charge in [0.05, 0.1) is 58.8 Å². The largest absolute Gasteiger partial charge is 0.463 e. The van der Waals surface area contributed by atoms with Gasteiger partial charge in [-0.1, -0.05) is 72.8 Å². The number of allylic oxidation sites excluding steroid dienone is 2. The Bertz CT molecular complexity index is 2760. The molecule has 4 aromatic carbocycles. The fourth-order valence-corrected chi connectivity index (χ4v) is 11.7. The van der Waals surface area contributed by atoms with Gasteiger partial charge in [-0.2, -0.15) is 36.9 Å². The van der Waals surface area contributed by atoms with Crippen molar-refractivity contribution in [2.75, 3.05) is 73.8 Å². The molecule has 0 amide bonds. The predicted molar refractivity (Wildman–Crippen MR) is 295 cm³/mol. The molecule has 3 aliphatic heterocycles. The number of carbonyl (C=O) groups is 2. The summed E-state index contributed by atoms with van der Waals surface area (Å²) in [6.45, 7) is 12.5. The number of esters is 2. The molecular formula is C58H62F6N8O4S2. The van der Waals surface area contributed by atoms with E-state index in [0.717, 1.165) is 102 Å². The minimum atomic E-state index is -4.58. The highest BCUT2D eigenvalue weighted by atomic mass is 32.2. The van der Waals surface area contributed by atoms with Gasteiger partial charge in [0.1, 0.15) is 12.1 Å². The monoisotopic (exact) mass is 1110 g/mol. The van der Waals surface area contributed by atoms with E-state index in [4.69, 9.17) is 19.5 Å². The van der Waals surface area contributed by atoms with Crippen molar-refractivity contribution in [2.24, 2.45) is 9.98 Å². The number of aliphatic imine (C=N–C) groups is 2. The number of rotatable bonds is 20. The SMILES string of the molecule is CCOC(=O)C1=C(C)N(c2cccc(C(F)(F)F)c2)C(SCCCCCN2CCN(CCCCCSC3=NC(c4ccc(C#N)cc4)C(C(=O)OCC)=C(C)N3c3cccc(C(F)(F)F)c3)CC2)=NC1c1ccc(C#N)cc1. The van der Waals surface area contributed by atoms with Crippen molar-refractivity contribution in [3.8, 4) is 12.1 Å². The second kappa shape index (κ2) is 27.3. The Morgan fingerprint density at radius 3 is 1.28 bits per heavy atom. The Morgan fingerprint density at radius 2 is 0.949 bits per heavy atom. The maximum atomic E-state index is 14.0. The number of amidine groups is 2. The summed E-state index contributed by atoms with van der Waals surface area (Å²) in [7, 11) is 0. The van der Waals surface area contributed by atoms with Crippen molar-refractivity contribution >= 4 is 57.2 Å². The Labute approximate surface area is 460 Å². The van der Waals surface area contributed by atoms with E-state index in [2.05, 4.69) is 21.9 Å². The van der Waals surface area contributed by atoms with Crippen LogP contribution in [0.2, 0.25) is 0 Å². The summed E-state index contributed by atoms with van der Waals surface area (Å²) < 4.78 is 94.7. The molecule has 7 rings (SSSR count). The second-order valence-corrected chi connectivity index (χ2v) is 20.9. The third-order valence-corrected chi connectivity index (χ3v) is 15.7. The highest BCUT2D eigenvalue weighted by molar-refractivity contribution is 8.14. The summed E-state index contributed by atoms with van der Waals surface area (Å²) in [5, 5.41) is 19.7. The molecule has 1 saturated heterocycles. The van der Waals surface area contributed by atoms with E-state index in [1.807, 2.05) is 0 Å². The van der Waals surface area contributed by atoms with Crippen molar-refractivity contribution in [2.45, 2.75) is 90.7 Å². The maximum absolute atomic E-state index is 14.0.